The van der Waals surface area contributed by atoms with Gasteiger partial charge >= 0.3 is 0 Å². The van der Waals surface area contributed by atoms with E-state index in [1.54, 1.807) is 0 Å². The highest BCUT2D eigenvalue weighted by Gasteiger charge is 2.21. The lowest BCUT2D eigenvalue weighted by Gasteiger charge is -2.16. The van der Waals surface area contributed by atoms with Gasteiger partial charge in [-0.1, -0.05) is 534 Å². The predicted octanol–water partition coefficient (Wildman–Crippen LogP) is 42.4. The molecule has 30 aromatic rings. The van der Waals surface area contributed by atoms with Crippen LogP contribution in [0, 0.1) is 0 Å². The van der Waals surface area contributed by atoms with E-state index in [-0.39, 0.29) is 0 Å². The first kappa shape index (κ1) is 90.5. The van der Waals surface area contributed by atoms with Gasteiger partial charge in [-0.2, -0.15) is 0 Å². The van der Waals surface area contributed by atoms with E-state index in [0.29, 0.717) is 0 Å². The van der Waals surface area contributed by atoms with E-state index in [1.165, 1.54) is 273 Å². The van der Waals surface area contributed by atoms with Crippen LogP contribution in [0.4, 0.5) is 0 Å². The predicted molar refractivity (Wildman–Crippen MR) is 649 cm³/mol. The Morgan fingerprint density at radius 3 is 0.773 bits per heavy atom. The quantitative estimate of drug-likeness (QED) is 0.120. The number of rotatable bonds is 10. The van der Waals surface area contributed by atoms with E-state index in [2.05, 4.69) is 607 Å². The summed E-state index contributed by atoms with van der Waals surface area (Å²) >= 11 is 0. The van der Waals surface area contributed by atoms with Gasteiger partial charge in [-0.3, -0.25) is 0 Å². The molecule has 0 heterocycles. The maximum atomic E-state index is 2.39. The van der Waals surface area contributed by atoms with Crippen molar-refractivity contribution < 1.29 is 0 Å². The van der Waals surface area contributed by atoms with Crippen molar-refractivity contribution in [3.8, 4) is 111 Å². The molecule has 0 heteroatoms. The summed E-state index contributed by atoms with van der Waals surface area (Å²) in [7, 11) is 0. The lowest BCUT2D eigenvalue weighted by molar-refractivity contribution is 1.63. The van der Waals surface area contributed by atoms with E-state index in [4.69, 9.17) is 0 Å². The average molecular weight is 1900 g/mol. The molecule has 150 heavy (non-hydrogen) atoms. The molecule has 0 nitrogen and oxygen atoms in total. The first-order valence-corrected chi connectivity index (χ1v) is 51.9. The number of hydrogen-bond donors (Lipinski definition) is 0. The van der Waals surface area contributed by atoms with Crippen LogP contribution in [0.15, 0.2) is 607 Å². The summed E-state index contributed by atoms with van der Waals surface area (Å²) in [6.45, 7) is 0. The standard InChI is InChI=1S/C38H24.3C30H20.C22H16/c1-2-9-27-21-32(15-13-25(27)7-1)37-24-30-10-4-6-12-34(30)36-20-18-29(23-38(36)37)28-17-19-35-31(22-28)16-14-26-8-3-5-11-33(26)35;1-3-11-21(12-4-1)27-19-23-15-7-8-16-24(23)30-26-18-10-9-17-25(26)28(20-29(27)30)22-13-5-2-6-14-22;1-2-10-22(11-3-1)29-20-30-25(24-18-17-21-9-4-5-12-23(21)19-24)15-8-16-28(30)26-13-6-7-14-27(26)29;1-2-9-22(10-3-1)29-20-26-12-6-7-13-27(26)28-17-16-25(19-30(28)29)24-15-14-21-8-4-5-11-23(21)18-24;1-3-8-17(9-4-1)20-15-14-19-12-7-13-21(22(19)16-20)18-10-5-2-6-11-18/h1-24H;3*1-20H;1-16H. The first-order valence-electron chi connectivity index (χ1n) is 51.9. The summed E-state index contributed by atoms with van der Waals surface area (Å²) in [6.07, 6.45) is 0. The van der Waals surface area contributed by atoms with Crippen molar-refractivity contribution >= 4 is 162 Å². The van der Waals surface area contributed by atoms with Gasteiger partial charge in [0, 0.05) is 0 Å². The lowest BCUT2D eigenvalue weighted by atomic mass is 9.87. The molecule has 0 aromatic heterocycles. The molecule has 0 aliphatic rings. The van der Waals surface area contributed by atoms with E-state index in [0.717, 1.165) is 0 Å². The molecule has 0 unspecified atom stereocenters. The van der Waals surface area contributed by atoms with E-state index >= 15 is 0 Å². The van der Waals surface area contributed by atoms with Crippen LogP contribution in [-0.2, 0) is 0 Å². The maximum absolute atomic E-state index is 2.39. The lowest BCUT2D eigenvalue weighted by Crippen LogP contribution is -1.89. The second kappa shape index (κ2) is 40.2. The van der Waals surface area contributed by atoms with Crippen molar-refractivity contribution in [2.24, 2.45) is 0 Å². The zero-order valence-electron chi connectivity index (χ0n) is 82.7. The van der Waals surface area contributed by atoms with Gasteiger partial charge in [0.15, 0.2) is 0 Å². The molecule has 0 aliphatic carbocycles. The van der Waals surface area contributed by atoms with Crippen molar-refractivity contribution in [3.63, 3.8) is 0 Å². The van der Waals surface area contributed by atoms with E-state index < -0.39 is 0 Å². The Labute approximate surface area is 872 Å². The summed E-state index contributed by atoms with van der Waals surface area (Å²) in [5, 5.41) is 38.7. The topological polar surface area (TPSA) is 0 Å². The summed E-state index contributed by atoms with van der Waals surface area (Å²) in [5.41, 5.74) is 25.3. The van der Waals surface area contributed by atoms with Gasteiger partial charge in [0.05, 0.1) is 0 Å². The molecule has 0 saturated carbocycles. The van der Waals surface area contributed by atoms with E-state index in [1.807, 2.05) is 0 Å². The molecule has 0 atom stereocenters. The van der Waals surface area contributed by atoms with Gasteiger partial charge < -0.3 is 0 Å². The second-order valence-electron chi connectivity index (χ2n) is 39.1. The van der Waals surface area contributed by atoms with Crippen LogP contribution in [-0.4, -0.2) is 0 Å². The number of hydrogen-bond acceptors (Lipinski definition) is 0. The van der Waals surface area contributed by atoms with Crippen LogP contribution < -0.4 is 0 Å². The molecule has 0 saturated heterocycles. The minimum absolute atomic E-state index is 1.24. The van der Waals surface area contributed by atoms with Crippen LogP contribution in [0.25, 0.3) is 273 Å². The molecule has 0 radical (unpaired) electrons. The first-order chi connectivity index (χ1) is 74.4. The van der Waals surface area contributed by atoms with Gasteiger partial charge in [-0.05, 0) is 346 Å². The highest BCUT2D eigenvalue weighted by atomic mass is 14.2. The number of benzene rings is 30. The van der Waals surface area contributed by atoms with E-state index in [9.17, 15) is 0 Å². The third kappa shape index (κ3) is 17.7. The third-order valence-electron chi connectivity index (χ3n) is 30.2. The SMILES string of the molecule is c1ccc(-c2cc3c(-c4ccc5ccccc5c4)cccc3c3ccccc23)cc1.c1ccc(-c2cc3c(-c4ccccc4)cc4ccccc4c3c3ccccc23)cc1.c1ccc(-c2cc3ccccc3c3ccc(-c4ccc5ccccc5c4)cc23)cc1.c1ccc(-c2ccc3cccc(-c4ccccc4)c3c2)cc1.c1ccc2cc(-c3cc4ccccc4c4ccc(-c5ccc6c(ccc7ccccc76)c5)cc34)ccc2c1. The zero-order chi connectivity index (χ0) is 99.6. The van der Waals surface area contributed by atoms with Crippen LogP contribution in [0.1, 0.15) is 0 Å². The fourth-order valence-corrected chi connectivity index (χ4v) is 22.8. The Kier molecular flexibility index (Phi) is 24.3. The van der Waals surface area contributed by atoms with Gasteiger partial charge in [0.1, 0.15) is 0 Å². The molecule has 700 valence electrons. The average Bonchev–Trinajstić information content (AvgIpc) is 0.724. The molecule has 0 bridgehead atoms. The van der Waals surface area contributed by atoms with Crippen LogP contribution in [0.5, 0.6) is 0 Å². The fourth-order valence-electron chi connectivity index (χ4n) is 22.8. The van der Waals surface area contributed by atoms with Crippen LogP contribution >= 0.6 is 0 Å². The zero-order valence-corrected chi connectivity index (χ0v) is 82.7. The van der Waals surface area contributed by atoms with Gasteiger partial charge in [0.2, 0.25) is 0 Å². The highest BCUT2D eigenvalue weighted by molar-refractivity contribution is 6.27. The Balaban J connectivity index is 0.0000000954. The van der Waals surface area contributed by atoms with Crippen LogP contribution in [0.3, 0.4) is 0 Å². The Morgan fingerprint density at radius 1 is 0.0667 bits per heavy atom. The summed E-state index contributed by atoms with van der Waals surface area (Å²) in [5.74, 6) is 0. The Hall–Kier alpha value is -19.5. The summed E-state index contributed by atoms with van der Waals surface area (Å²) in [4.78, 5) is 0. The van der Waals surface area contributed by atoms with Crippen molar-refractivity contribution in [2.75, 3.05) is 0 Å². The maximum Gasteiger partial charge on any atom is -0.00201 e. The Morgan fingerprint density at radius 2 is 0.287 bits per heavy atom. The normalized spacial score (nSPS) is 11.3. The van der Waals surface area contributed by atoms with Crippen LogP contribution in [0.2, 0.25) is 0 Å². The van der Waals surface area contributed by atoms with Crippen molar-refractivity contribution in [1.82, 2.24) is 0 Å². The fraction of sp³-hybridized carbons (Fsp3) is 0. The van der Waals surface area contributed by atoms with Gasteiger partial charge in [-0.25, -0.2) is 0 Å². The smallest absolute Gasteiger partial charge is 0.00201 e. The summed E-state index contributed by atoms with van der Waals surface area (Å²) < 4.78 is 0. The molecule has 0 fully saturated rings. The highest BCUT2D eigenvalue weighted by Crippen LogP contribution is 2.48. The molecule has 0 aliphatic heterocycles. The molecule has 0 spiro atoms. The second-order valence-corrected chi connectivity index (χ2v) is 39.1. The molecule has 0 N–H and O–H groups in total. The monoisotopic (exact) mass is 1900 g/mol. The van der Waals surface area contributed by atoms with Crippen molar-refractivity contribution in [3.05, 3.63) is 607 Å². The van der Waals surface area contributed by atoms with Crippen molar-refractivity contribution in [2.45, 2.75) is 0 Å². The number of fused-ring (bicyclic) bond motifs is 21. The molecule has 30 rings (SSSR count). The largest absolute Gasteiger partial charge is 0.0622 e. The third-order valence-corrected chi connectivity index (χ3v) is 30.2. The minimum Gasteiger partial charge on any atom is -0.0622 e. The van der Waals surface area contributed by atoms with Gasteiger partial charge in [-0.15, -0.1) is 0 Å². The van der Waals surface area contributed by atoms with Crippen molar-refractivity contribution in [1.29, 1.82) is 0 Å². The molecule has 30 aromatic carbocycles. The molecular formula is C150H100. The Bertz CT molecular complexity index is 10300. The molecular weight excluding hydrogens is 1800 g/mol. The summed E-state index contributed by atoms with van der Waals surface area (Å²) in [6, 6.07) is 219. The van der Waals surface area contributed by atoms with Gasteiger partial charge in [0.25, 0.3) is 0 Å². The minimum atomic E-state index is 1.24. The molecule has 0 amide bonds.